The van der Waals surface area contributed by atoms with Crippen molar-refractivity contribution in [3.8, 4) is 0 Å². The molecule has 1 fully saturated rings. The summed E-state index contributed by atoms with van der Waals surface area (Å²) in [6.07, 6.45) is 4.32. The van der Waals surface area contributed by atoms with Crippen molar-refractivity contribution in [1.29, 1.82) is 0 Å². The van der Waals surface area contributed by atoms with Crippen LogP contribution in [0.5, 0.6) is 0 Å². The highest BCUT2D eigenvalue weighted by molar-refractivity contribution is 6.20. The van der Waals surface area contributed by atoms with Crippen LogP contribution in [0.1, 0.15) is 49.5 Å². The Kier molecular flexibility index (Phi) is 2.81. The van der Waals surface area contributed by atoms with Gasteiger partial charge in [-0.2, -0.15) is 0 Å². The summed E-state index contributed by atoms with van der Waals surface area (Å²) >= 11 is 6.27. The maximum absolute atomic E-state index is 6.27. The highest BCUT2D eigenvalue weighted by atomic mass is 35.5. The first-order chi connectivity index (χ1) is 8.56. The molecular formula is C14H18ClN3. The van der Waals surface area contributed by atoms with Gasteiger partial charge in [0.2, 0.25) is 0 Å². The summed E-state index contributed by atoms with van der Waals surface area (Å²) < 4.78 is 2.26. The molecule has 0 N–H and O–H groups in total. The number of pyridine rings is 1. The summed E-state index contributed by atoms with van der Waals surface area (Å²) in [6, 6.07) is 2.61. The second-order valence-corrected chi connectivity index (χ2v) is 6.20. The molecule has 2 heterocycles. The van der Waals surface area contributed by atoms with Crippen LogP contribution < -0.4 is 0 Å². The minimum atomic E-state index is -0.0737. The molecule has 0 bridgehead atoms. The molecule has 0 aromatic carbocycles. The predicted molar refractivity (Wildman–Crippen MR) is 74.0 cm³/mol. The smallest absolute Gasteiger partial charge is 0.160 e. The van der Waals surface area contributed by atoms with Gasteiger partial charge < -0.3 is 4.57 Å². The van der Waals surface area contributed by atoms with Crippen LogP contribution in [0.15, 0.2) is 12.3 Å². The van der Waals surface area contributed by atoms with Crippen LogP contribution in [0.4, 0.5) is 0 Å². The average Bonchev–Trinajstić information content (AvgIpc) is 2.63. The first-order valence-corrected chi connectivity index (χ1v) is 6.98. The quantitative estimate of drug-likeness (QED) is 0.767. The Hall–Kier alpha value is -1.09. The lowest BCUT2D eigenvalue weighted by molar-refractivity contribution is 0.215. The van der Waals surface area contributed by atoms with Crippen molar-refractivity contribution in [1.82, 2.24) is 14.5 Å². The fourth-order valence-corrected chi connectivity index (χ4v) is 2.97. The van der Waals surface area contributed by atoms with Crippen LogP contribution >= 0.6 is 11.6 Å². The van der Waals surface area contributed by atoms with Crippen molar-refractivity contribution in [3.63, 3.8) is 0 Å². The molecule has 96 valence electrons. The van der Waals surface area contributed by atoms with Gasteiger partial charge in [-0.25, -0.2) is 9.97 Å². The highest BCUT2D eigenvalue weighted by Gasteiger charge is 2.31. The number of fused-ring (bicyclic) bond motifs is 1. The highest BCUT2D eigenvalue weighted by Crippen LogP contribution is 2.41. The lowest BCUT2D eigenvalue weighted by Gasteiger charge is -2.35. The van der Waals surface area contributed by atoms with E-state index in [1.54, 1.807) is 0 Å². The van der Waals surface area contributed by atoms with Gasteiger partial charge in [0.15, 0.2) is 5.65 Å². The molecule has 0 amide bonds. The van der Waals surface area contributed by atoms with Crippen LogP contribution in [0.25, 0.3) is 11.2 Å². The molecule has 1 atom stereocenters. The topological polar surface area (TPSA) is 30.7 Å². The van der Waals surface area contributed by atoms with E-state index in [1.165, 1.54) is 12.8 Å². The summed E-state index contributed by atoms with van der Waals surface area (Å²) in [7, 11) is 0. The van der Waals surface area contributed by atoms with E-state index < -0.39 is 0 Å². The van der Waals surface area contributed by atoms with Crippen LogP contribution in [0.2, 0.25) is 0 Å². The van der Waals surface area contributed by atoms with Crippen molar-refractivity contribution in [2.24, 2.45) is 5.92 Å². The van der Waals surface area contributed by atoms with E-state index in [-0.39, 0.29) is 5.38 Å². The van der Waals surface area contributed by atoms with Gasteiger partial charge in [0.05, 0.1) is 5.38 Å². The fraction of sp³-hybridized carbons (Fsp3) is 0.571. The second kappa shape index (κ2) is 4.23. The molecule has 3 nitrogen and oxygen atoms in total. The third-order valence-electron chi connectivity index (χ3n) is 3.76. The summed E-state index contributed by atoms with van der Waals surface area (Å²) in [5, 5.41) is -0.0737. The maximum Gasteiger partial charge on any atom is 0.160 e. The van der Waals surface area contributed by atoms with E-state index in [0.29, 0.717) is 6.04 Å². The normalized spacial score (nSPS) is 25.1. The zero-order valence-corrected chi connectivity index (χ0v) is 11.8. The molecule has 0 radical (unpaired) electrons. The van der Waals surface area contributed by atoms with E-state index in [4.69, 9.17) is 11.6 Å². The Balaban J connectivity index is 2.16. The number of hydrogen-bond donors (Lipinski definition) is 0. The van der Waals surface area contributed by atoms with Gasteiger partial charge in [-0.3, -0.25) is 0 Å². The summed E-state index contributed by atoms with van der Waals surface area (Å²) in [5.74, 6) is 1.76. The summed E-state index contributed by atoms with van der Waals surface area (Å²) in [4.78, 5) is 9.22. The van der Waals surface area contributed by atoms with Crippen LogP contribution in [-0.2, 0) is 0 Å². The zero-order valence-electron chi connectivity index (χ0n) is 11.0. The predicted octanol–water partition coefficient (Wildman–Crippen LogP) is 4.01. The maximum atomic E-state index is 6.27. The lowest BCUT2D eigenvalue weighted by atomic mass is 9.81. The number of halogens is 1. The van der Waals surface area contributed by atoms with Crippen molar-refractivity contribution in [3.05, 3.63) is 23.7 Å². The SMILES string of the molecule is Cc1cnc2c(c1)nc(C(C)Cl)n2C1CC(C)C1. The first-order valence-electron chi connectivity index (χ1n) is 6.55. The summed E-state index contributed by atoms with van der Waals surface area (Å²) in [6.45, 7) is 6.31. The minimum absolute atomic E-state index is 0.0737. The monoisotopic (exact) mass is 263 g/mol. The average molecular weight is 264 g/mol. The zero-order chi connectivity index (χ0) is 12.9. The third-order valence-corrected chi connectivity index (χ3v) is 3.96. The van der Waals surface area contributed by atoms with E-state index in [1.807, 2.05) is 20.0 Å². The largest absolute Gasteiger partial charge is 0.308 e. The molecule has 0 saturated heterocycles. The Labute approximate surface area is 112 Å². The molecule has 1 aliphatic carbocycles. The minimum Gasteiger partial charge on any atom is -0.308 e. The van der Waals surface area contributed by atoms with Crippen molar-refractivity contribution < 1.29 is 0 Å². The van der Waals surface area contributed by atoms with Gasteiger partial charge in [0.25, 0.3) is 0 Å². The number of alkyl halides is 1. The van der Waals surface area contributed by atoms with Gasteiger partial charge in [0.1, 0.15) is 11.3 Å². The lowest BCUT2D eigenvalue weighted by Crippen LogP contribution is -2.26. The molecule has 2 aromatic rings. The number of imidazole rings is 1. The van der Waals surface area contributed by atoms with E-state index in [9.17, 15) is 0 Å². The molecule has 0 aliphatic heterocycles. The summed E-state index contributed by atoms with van der Waals surface area (Å²) in [5.41, 5.74) is 3.10. The van der Waals surface area contributed by atoms with Crippen LogP contribution in [0.3, 0.4) is 0 Å². The molecule has 1 unspecified atom stereocenters. The number of aryl methyl sites for hydroxylation is 1. The molecule has 1 saturated carbocycles. The molecular weight excluding hydrogens is 246 g/mol. The Morgan fingerprint density at radius 2 is 2.17 bits per heavy atom. The number of aromatic nitrogens is 3. The van der Waals surface area contributed by atoms with E-state index >= 15 is 0 Å². The van der Waals surface area contributed by atoms with Crippen molar-refractivity contribution >= 4 is 22.8 Å². The van der Waals surface area contributed by atoms with Gasteiger partial charge in [0, 0.05) is 12.2 Å². The molecule has 3 rings (SSSR count). The molecule has 1 aliphatic rings. The van der Waals surface area contributed by atoms with E-state index in [0.717, 1.165) is 28.5 Å². The Morgan fingerprint density at radius 3 is 2.78 bits per heavy atom. The van der Waals surface area contributed by atoms with Gasteiger partial charge in [-0.15, -0.1) is 11.6 Å². The second-order valence-electron chi connectivity index (χ2n) is 5.54. The number of rotatable bonds is 2. The van der Waals surface area contributed by atoms with Crippen LogP contribution in [-0.4, -0.2) is 14.5 Å². The van der Waals surface area contributed by atoms with Gasteiger partial charge >= 0.3 is 0 Å². The fourth-order valence-electron chi connectivity index (χ4n) is 2.81. The van der Waals surface area contributed by atoms with Crippen molar-refractivity contribution in [2.45, 2.75) is 45.0 Å². The molecule has 2 aromatic heterocycles. The van der Waals surface area contributed by atoms with E-state index in [2.05, 4.69) is 27.5 Å². The van der Waals surface area contributed by atoms with Gasteiger partial charge in [-0.05, 0) is 44.2 Å². The molecule has 18 heavy (non-hydrogen) atoms. The third kappa shape index (κ3) is 1.81. The number of hydrogen-bond acceptors (Lipinski definition) is 2. The Morgan fingerprint density at radius 1 is 1.44 bits per heavy atom. The molecule has 4 heteroatoms. The first kappa shape index (κ1) is 12.0. The molecule has 0 spiro atoms. The van der Waals surface area contributed by atoms with Gasteiger partial charge in [-0.1, -0.05) is 6.92 Å². The standard InChI is InChI=1S/C14H18ClN3/c1-8-4-11(5-8)18-13(10(3)15)17-12-6-9(2)7-16-14(12)18/h6-8,10-11H,4-5H2,1-3H3. The number of nitrogens with zero attached hydrogens (tertiary/aromatic N) is 3. The van der Waals surface area contributed by atoms with Crippen molar-refractivity contribution in [2.75, 3.05) is 0 Å². The van der Waals surface area contributed by atoms with Crippen LogP contribution in [0, 0.1) is 12.8 Å². The Bertz CT molecular complexity index is 582.